The van der Waals surface area contributed by atoms with Crippen LogP contribution in [0.4, 0.5) is 4.79 Å². The fraction of sp³-hybridized carbons (Fsp3) is 0.688. The first-order valence-electron chi connectivity index (χ1n) is 22.5. The summed E-state index contributed by atoms with van der Waals surface area (Å²) in [5.74, 6) is -8.89. The molecule has 1 amide bonds. The summed E-state index contributed by atoms with van der Waals surface area (Å²) in [7, 11) is 5.55. The van der Waals surface area contributed by atoms with Crippen molar-refractivity contribution in [1.82, 2.24) is 5.32 Å². The van der Waals surface area contributed by atoms with Crippen LogP contribution in [-0.4, -0.2) is 126 Å². The number of hydrogen-bond donors (Lipinski definition) is 3. The molecule has 372 valence electrons. The number of benzene rings is 1. The number of Topliss-reactive ketones (excluding diaryl/α,β-unsaturated/α-hetero) is 3. The molecule has 1 saturated heterocycles. The molecule has 0 aromatic heterocycles. The van der Waals surface area contributed by atoms with Gasteiger partial charge in [0.15, 0.2) is 11.4 Å². The molecule has 0 spiro atoms. The lowest BCUT2D eigenvalue weighted by atomic mass is 9.44. The lowest BCUT2D eigenvalue weighted by Gasteiger charge is -2.67. The number of carbonyl (C=O) groups is 7. The monoisotopic (exact) mass is 977 g/mol. The third-order valence-corrected chi connectivity index (χ3v) is 15.7. The van der Waals surface area contributed by atoms with Gasteiger partial charge in [-0.1, -0.05) is 56.2 Å². The minimum atomic E-state index is -2.37. The van der Waals surface area contributed by atoms with Gasteiger partial charge < -0.3 is 48.7 Å². The second-order valence-corrected chi connectivity index (χ2v) is 22.8. The quantitative estimate of drug-likeness (QED) is 0.0535. The van der Waals surface area contributed by atoms with Gasteiger partial charge in [-0.15, -0.1) is 0 Å². The second-order valence-electron chi connectivity index (χ2n) is 20.2. The van der Waals surface area contributed by atoms with E-state index in [2.05, 4.69) is 5.32 Å². The third-order valence-electron chi connectivity index (χ3n) is 13.9. The van der Waals surface area contributed by atoms with Gasteiger partial charge in [0.25, 0.3) is 0 Å². The highest BCUT2D eigenvalue weighted by Crippen LogP contribution is 2.66. The molecule has 2 saturated carbocycles. The van der Waals surface area contributed by atoms with Gasteiger partial charge >= 0.3 is 24.0 Å². The number of methoxy groups -OCH3 is 2. The number of aliphatic hydroxyl groups is 2. The van der Waals surface area contributed by atoms with Crippen molar-refractivity contribution in [2.24, 2.45) is 34.5 Å². The number of amides is 1. The molecule has 17 nitrogen and oxygen atoms in total. The molecule has 4 aliphatic rings. The number of ketones is 3. The predicted molar refractivity (Wildman–Crippen MR) is 247 cm³/mol. The van der Waals surface area contributed by atoms with Crippen LogP contribution in [-0.2, 0) is 47.7 Å². The van der Waals surface area contributed by atoms with Crippen molar-refractivity contribution < 1.29 is 76.9 Å². The Morgan fingerprint density at radius 3 is 2.27 bits per heavy atom. The predicted octanol–water partition coefficient (Wildman–Crippen LogP) is 5.98. The Labute approximate surface area is 400 Å². The summed E-state index contributed by atoms with van der Waals surface area (Å²) in [6.45, 7) is 15.7. The summed E-state index contributed by atoms with van der Waals surface area (Å²) < 4.78 is 41.2. The second kappa shape index (κ2) is 20.4. The van der Waals surface area contributed by atoms with Gasteiger partial charge in [-0.3, -0.25) is 24.0 Å². The van der Waals surface area contributed by atoms with E-state index in [9.17, 15) is 39.0 Å². The highest BCUT2D eigenvalue weighted by Gasteiger charge is 2.78. The Balaban J connectivity index is 1.79. The minimum Gasteiger partial charge on any atom is -0.497 e. The first kappa shape index (κ1) is 53.8. The van der Waals surface area contributed by atoms with Crippen molar-refractivity contribution in [2.75, 3.05) is 32.8 Å². The van der Waals surface area contributed by atoms with Crippen molar-refractivity contribution >= 4 is 62.9 Å². The van der Waals surface area contributed by atoms with E-state index < -0.39 is 123 Å². The lowest BCUT2D eigenvalue weighted by molar-refractivity contribution is -0.344. The fourth-order valence-electron chi connectivity index (χ4n) is 10.6. The van der Waals surface area contributed by atoms with Gasteiger partial charge in [0.05, 0.1) is 50.7 Å². The Kier molecular flexibility index (Phi) is 16.4. The molecular weight excluding hydrogens is 911 g/mol. The van der Waals surface area contributed by atoms with E-state index in [-0.39, 0.29) is 60.8 Å². The number of nitrogens with one attached hydrogen (secondary N) is 1. The Bertz CT molecular complexity index is 2150. The molecule has 0 radical (unpaired) electrons. The molecule has 3 aliphatic carbocycles. The van der Waals surface area contributed by atoms with Gasteiger partial charge in [-0.05, 0) is 88.3 Å². The highest BCUT2D eigenvalue weighted by molar-refractivity contribution is 8.76. The number of fused-ring (bicyclic) bond motifs is 5. The van der Waals surface area contributed by atoms with Crippen LogP contribution in [0.15, 0.2) is 29.5 Å². The van der Waals surface area contributed by atoms with Crippen molar-refractivity contribution in [3.05, 3.63) is 35.1 Å². The Morgan fingerprint density at radius 1 is 1.04 bits per heavy atom. The third kappa shape index (κ3) is 10.4. The van der Waals surface area contributed by atoms with Crippen molar-refractivity contribution in [3.8, 4) is 11.5 Å². The van der Waals surface area contributed by atoms with Crippen LogP contribution in [0.3, 0.4) is 0 Å². The zero-order valence-electron chi connectivity index (χ0n) is 40.7. The highest BCUT2D eigenvalue weighted by atomic mass is 33.1. The van der Waals surface area contributed by atoms with E-state index in [1.807, 2.05) is 20.1 Å². The molecule has 2 bridgehead atoms. The summed E-state index contributed by atoms with van der Waals surface area (Å²) >= 11 is 0. The van der Waals surface area contributed by atoms with Crippen molar-refractivity contribution in [1.29, 1.82) is 0 Å². The van der Waals surface area contributed by atoms with E-state index in [1.165, 1.54) is 54.9 Å². The average Bonchev–Trinajstić information content (AvgIpc) is 3.22. The summed E-state index contributed by atoms with van der Waals surface area (Å²) in [4.78, 5) is 99.3. The summed E-state index contributed by atoms with van der Waals surface area (Å²) in [5.41, 5.74) is -8.95. The van der Waals surface area contributed by atoms with E-state index in [0.717, 1.165) is 6.92 Å². The number of aliphatic hydroxyl groups excluding tert-OH is 1. The zero-order valence-corrected chi connectivity index (χ0v) is 42.4. The molecule has 67 heavy (non-hydrogen) atoms. The molecule has 1 aliphatic heterocycles. The summed E-state index contributed by atoms with van der Waals surface area (Å²) in [5, 5.41) is 28.8. The van der Waals surface area contributed by atoms with Gasteiger partial charge in [0.2, 0.25) is 17.3 Å². The van der Waals surface area contributed by atoms with Crippen LogP contribution >= 0.6 is 21.6 Å². The maximum absolute atomic E-state index is 15.9. The number of hydrogen-bond acceptors (Lipinski definition) is 18. The van der Waals surface area contributed by atoms with Crippen LogP contribution in [0.1, 0.15) is 112 Å². The minimum absolute atomic E-state index is 0.0644. The van der Waals surface area contributed by atoms with Crippen LogP contribution in [0.5, 0.6) is 11.5 Å². The zero-order chi connectivity index (χ0) is 50.2. The topological polar surface area (TPSA) is 237 Å². The SMILES string of the molecule is COc1ccc(OC)c(C(=O)O[C@H]2[C@@H]3[C@]4(OC(C)=O)CO[C@@H]4C[C@H](O)[C@@]3(C)C(=O)C(OC(=O)CCSSC)=C3C(C)[C@@H](CC(=O)C(=O)[C@H](CC(C)C)NC(=O)OC(C)(C)C)C[C@]2(O)C3(C)C)c1. The molecule has 1 heterocycles. The van der Waals surface area contributed by atoms with Crippen molar-refractivity contribution in [2.45, 2.75) is 142 Å². The number of esters is 3. The van der Waals surface area contributed by atoms with E-state index >= 15 is 4.79 Å². The molecule has 1 aromatic carbocycles. The van der Waals surface area contributed by atoms with Crippen molar-refractivity contribution in [3.63, 3.8) is 0 Å². The normalized spacial score (nSPS) is 30.2. The number of rotatable bonds is 17. The van der Waals surface area contributed by atoms with E-state index in [1.54, 1.807) is 47.6 Å². The van der Waals surface area contributed by atoms with Crippen LogP contribution in [0.2, 0.25) is 0 Å². The van der Waals surface area contributed by atoms with E-state index in [4.69, 9.17) is 33.2 Å². The average molecular weight is 978 g/mol. The molecule has 3 fully saturated rings. The summed E-state index contributed by atoms with van der Waals surface area (Å²) in [6, 6.07) is 3.12. The summed E-state index contributed by atoms with van der Waals surface area (Å²) in [6.07, 6.45) is -4.79. The Hall–Kier alpha value is -4.17. The molecule has 1 unspecified atom stereocenters. The van der Waals surface area contributed by atoms with E-state index in [0.29, 0.717) is 5.75 Å². The van der Waals surface area contributed by atoms with Gasteiger partial charge in [0, 0.05) is 30.9 Å². The van der Waals surface area contributed by atoms with Gasteiger partial charge in [-0.25, -0.2) is 9.59 Å². The van der Waals surface area contributed by atoms with Gasteiger partial charge in [0.1, 0.15) is 40.5 Å². The number of allylic oxidation sites excluding steroid dienone is 1. The van der Waals surface area contributed by atoms with Crippen LogP contribution < -0.4 is 14.8 Å². The molecule has 5 rings (SSSR count). The number of ether oxygens (including phenoxy) is 7. The number of carbonyl (C=O) groups excluding carboxylic acids is 7. The smallest absolute Gasteiger partial charge is 0.408 e. The molecule has 1 aromatic rings. The largest absolute Gasteiger partial charge is 0.497 e. The van der Waals surface area contributed by atoms with Crippen LogP contribution in [0, 0.1) is 34.5 Å². The maximum Gasteiger partial charge on any atom is 0.408 e. The first-order valence-corrected chi connectivity index (χ1v) is 25.2. The lowest BCUT2D eigenvalue weighted by Crippen LogP contribution is -2.81. The standard InChI is InChI=1S/C48H67NO16S2/c1-24(2)18-30(49-43(57)65-44(5,6)7)37(54)31(51)19-27-22-48(58)41(63-42(56)29-20-28(59-11)14-15-32(29)60-12)39-46(10,33(52)21-34-47(39,23-61-34)64-26(4)50)40(55)38(36(25(27)3)45(48,8)9)62-35(53)16-17-67-66-13/h14-15,20,24-25,27,30,33-34,39,41,52,58H,16-19,21-23H2,1-13H3,(H,49,57)/t25?,27-,30-,33-,34+,39-,41-,46+,47-,48+/m0/s1. The first-order chi connectivity index (χ1) is 31.1. The van der Waals surface area contributed by atoms with Gasteiger partial charge in [-0.2, -0.15) is 0 Å². The molecule has 19 heteroatoms. The molecule has 3 N–H and O–H groups in total. The molecule has 10 atom stereocenters. The van der Waals surface area contributed by atoms with Crippen LogP contribution in [0.25, 0.3) is 0 Å². The number of alkyl carbamates (subject to hydrolysis) is 1. The Morgan fingerprint density at radius 2 is 1.72 bits per heavy atom. The fourth-order valence-corrected chi connectivity index (χ4v) is 11.7. The molecular formula is C48H67NO16S2. The maximum atomic E-state index is 15.9.